The third kappa shape index (κ3) is 2.15. The molecule has 11 heavy (non-hydrogen) atoms. The summed E-state index contributed by atoms with van der Waals surface area (Å²) in [6, 6.07) is 0.557. The van der Waals surface area contributed by atoms with Crippen molar-refractivity contribution < 1.29 is 5.11 Å². The summed E-state index contributed by atoms with van der Waals surface area (Å²) < 4.78 is 0. The Morgan fingerprint density at radius 3 is 2.73 bits per heavy atom. The largest absolute Gasteiger partial charge is 0.396 e. The highest BCUT2D eigenvalue weighted by atomic mass is 16.3. The second kappa shape index (κ2) is 4.04. The van der Waals surface area contributed by atoms with Crippen LogP contribution < -0.4 is 5.32 Å². The van der Waals surface area contributed by atoms with Gasteiger partial charge in [0.05, 0.1) is 0 Å². The van der Waals surface area contributed by atoms with Gasteiger partial charge in [0.25, 0.3) is 0 Å². The van der Waals surface area contributed by atoms with Crippen LogP contribution in [0.1, 0.15) is 6.42 Å². The monoisotopic (exact) mass is 158 g/mol. The van der Waals surface area contributed by atoms with E-state index in [1.165, 1.54) is 0 Å². The van der Waals surface area contributed by atoms with Gasteiger partial charge in [0.2, 0.25) is 0 Å². The van der Waals surface area contributed by atoms with Gasteiger partial charge in [-0.2, -0.15) is 0 Å². The van der Waals surface area contributed by atoms with Crippen molar-refractivity contribution in [1.29, 1.82) is 0 Å². The van der Waals surface area contributed by atoms with Crippen molar-refractivity contribution in [3.05, 3.63) is 0 Å². The summed E-state index contributed by atoms with van der Waals surface area (Å²) >= 11 is 0. The topological polar surface area (TPSA) is 35.5 Å². The summed E-state index contributed by atoms with van der Waals surface area (Å²) in [5.41, 5.74) is 0. The normalized spacial score (nSPS) is 32.7. The van der Waals surface area contributed by atoms with Gasteiger partial charge in [0.1, 0.15) is 0 Å². The van der Waals surface area contributed by atoms with E-state index in [1.807, 2.05) is 0 Å². The second-order valence-corrected chi connectivity index (χ2v) is 3.47. The zero-order chi connectivity index (χ0) is 8.27. The van der Waals surface area contributed by atoms with E-state index in [9.17, 15) is 0 Å². The molecule has 1 aliphatic heterocycles. The number of nitrogens with one attached hydrogen (secondary N) is 1. The van der Waals surface area contributed by atoms with E-state index >= 15 is 0 Å². The van der Waals surface area contributed by atoms with Crippen molar-refractivity contribution in [3.63, 3.8) is 0 Å². The maximum Gasteiger partial charge on any atom is 0.0486 e. The Kier molecular flexibility index (Phi) is 3.30. The number of rotatable bonds is 2. The first kappa shape index (κ1) is 8.97. The molecule has 3 heteroatoms. The van der Waals surface area contributed by atoms with Gasteiger partial charge in [-0.25, -0.2) is 0 Å². The molecule has 2 unspecified atom stereocenters. The first-order valence-corrected chi connectivity index (χ1v) is 4.23. The SMILES string of the molecule is CN(C)C1CCNCC1CO. The van der Waals surface area contributed by atoms with Gasteiger partial charge < -0.3 is 15.3 Å². The maximum atomic E-state index is 9.04. The van der Waals surface area contributed by atoms with Gasteiger partial charge in [-0.1, -0.05) is 0 Å². The summed E-state index contributed by atoms with van der Waals surface area (Å²) in [5.74, 6) is 0.416. The summed E-state index contributed by atoms with van der Waals surface area (Å²) in [4.78, 5) is 2.21. The third-order valence-corrected chi connectivity index (χ3v) is 2.47. The van der Waals surface area contributed by atoms with Crippen LogP contribution in [0.2, 0.25) is 0 Å². The van der Waals surface area contributed by atoms with E-state index in [1.54, 1.807) is 0 Å². The van der Waals surface area contributed by atoms with E-state index in [0.717, 1.165) is 19.5 Å². The Morgan fingerprint density at radius 1 is 1.55 bits per heavy atom. The quantitative estimate of drug-likeness (QED) is 0.570. The number of aliphatic hydroxyl groups is 1. The van der Waals surface area contributed by atoms with Crippen LogP contribution in [0.3, 0.4) is 0 Å². The molecule has 0 aliphatic carbocycles. The Labute approximate surface area is 68.4 Å². The summed E-state index contributed by atoms with van der Waals surface area (Å²) in [5, 5.41) is 12.3. The molecule has 3 nitrogen and oxygen atoms in total. The lowest BCUT2D eigenvalue weighted by molar-refractivity contribution is 0.107. The van der Waals surface area contributed by atoms with E-state index < -0.39 is 0 Å². The van der Waals surface area contributed by atoms with Crippen molar-refractivity contribution in [1.82, 2.24) is 10.2 Å². The molecule has 2 N–H and O–H groups in total. The number of hydrogen-bond donors (Lipinski definition) is 2. The lowest BCUT2D eigenvalue weighted by atomic mass is 9.93. The minimum atomic E-state index is 0.301. The molecule has 0 amide bonds. The van der Waals surface area contributed by atoms with Crippen LogP contribution in [0.4, 0.5) is 0 Å². The summed E-state index contributed by atoms with van der Waals surface area (Å²) in [7, 11) is 4.16. The Hall–Kier alpha value is -0.120. The predicted molar refractivity (Wildman–Crippen MR) is 45.5 cm³/mol. The van der Waals surface area contributed by atoms with Crippen molar-refractivity contribution in [2.45, 2.75) is 12.5 Å². The smallest absolute Gasteiger partial charge is 0.0486 e. The molecule has 0 spiro atoms. The van der Waals surface area contributed by atoms with Gasteiger partial charge >= 0.3 is 0 Å². The minimum absolute atomic E-state index is 0.301. The first-order chi connectivity index (χ1) is 5.25. The molecule has 66 valence electrons. The number of aliphatic hydroxyl groups excluding tert-OH is 1. The molecule has 1 saturated heterocycles. The van der Waals surface area contributed by atoms with Gasteiger partial charge in [-0.05, 0) is 27.1 Å². The van der Waals surface area contributed by atoms with Crippen LogP contribution in [-0.2, 0) is 0 Å². The van der Waals surface area contributed by atoms with Crippen molar-refractivity contribution in [2.24, 2.45) is 5.92 Å². The van der Waals surface area contributed by atoms with E-state index in [-0.39, 0.29) is 0 Å². The molecule has 0 aromatic carbocycles. The zero-order valence-electron chi connectivity index (χ0n) is 7.38. The molecule has 0 saturated carbocycles. The van der Waals surface area contributed by atoms with Crippen LogP contribution in [0.15, 0.2) is 0 Å². The summed E-state index contributed by atoms with van der Waals surface area (Å²) in [6.07, 6.45) is 1.15. The Morgan fingerprint density at radius 2 is 2.27 bits per heavy atom. The van der Waals surface area contributed by atoms with Crippen LogP contribution in [0, 0.1) is 5.92 Å². The molecule has 0 aromatic heterocycles. The molecule has 2 atom stereocenters. The zero-order valence-corrected chi connectivity index (χ0v) is 7.38. The standard InChI is InChI=1S/C8H18N2O/c1-10(2)8-3-4-9-5-7(8)6-11/h7-9,11H,3-6H2,1-2H3. The molecule has 0 bridgehead atoms. The van der Waals surface area contributed by atoms with Crippen LogP contribution in [0.25, 0.3) is 0 Å². The highest BCUT2D eigenvalue weighted by Crippen LogP contribution is 2.14. The lowest BCUT2D eigenvalue weighted by Gasteiger charge is -2.35. The summed E-state index contributed by atoms with van der Waals surface area (Å²) in [6.45, 7) is 2.34. The van der Waals surface area contributed by atoms with Crippen LogP contribution in [0.5, 0.6) is 0 Å². The fraction of sp³-hybridized carbons (Fsp3) is 1.00. The average Bonchev–Trinajstić information content (AvgIpc) is 2.04. The molecular weight excluding hydrogens is 140 g/mol. The fourth-order valence-corrected chi connectivity index (χ4v) is 1.78. The predicted octanol–water partition coefficient (Wildman–Crippen LogP) is -0.482. The van der Waals surface area contributed by atoms with Gasteiger partial charge in [0.15, 0.2) is 0 Å². The van der Waals surface area contributed by atoms with E-state index in [2.05, 4.69) is 24.3 Å². The molecule has 1 fully saturated rings. The molecule has 1 rings (SSSR count). The van der Waals surface area contributed by atoms with Crippen molar-refractivity contribution >= 4 is 0 Å². The molecule has 1 aliphatic rings. The molecule has 0 aromatic rings. The van der Waals surface area contributed by atoms with Crippen LogP contribution in [-0.4, -0.2) is 49.8 Å². The number of nitrogens with zero attached hydrogens (tertiary/aromatic N) is 1. The van der Waals surface area contributed by atoms with Crippen molar-refractivity contribution in [3.8, 4) is 0 Å². The Bertz CT molecular complexity index is 117. The van der Waals surface area contributed by atoms with Gasteiger partial charge in [-0.15, -0.1) is 0 Å². The number of hydrogen-bond acceptors (Lipinski definition) is 3. The van der Waals surface area contributed by atoms with E-state index in [4.69, 9.17) is 5.11 Å². The van der Waals surface area contributed by atoms with Crippen molar-refractivity contribution in [2.75, 3.05) is 33.8 Å². The first-order valence-electron chi connectivity index (χ1n) is 4.23. The highest BCUT2D eigenvalue weighted by Gasteiger charge is 2.25. The fourth-order valence-electron chi connectivity index (χ4n) is 1.78. The number of piperidine rings is 1. The highest BCUT2D eigenvalue weighted by molar-refractivity contribution is 4.82. The van der Waals surface area contributed by atoms with Gasteiger partial charge in [-0.3, -0.25) is 0 Å². The lowest BCUT2D eigenvalue weighted by Crippen LogP contribution is -2.48. The third-order valence-electron chi connectivity index (χ3n) is 2.47. The maximum absolute atomic E-state index is 9.04. The Balaban J connectivity index is 2.44. The molecular formula is C8H18N2O. The second-order valence-electron chi connectivity index (χ2n) is 3.47. The average molecular weight is 158 g/mol. The molecule has 0 radical (unpaired) electrons. The minimum Gasteiger partial charge on any atom is -0.396 e. The van der Waals surface area contributed by atoms with Crippen LogP contribution >= 0.6 is 0 Å². The van der Waals surface area contributed by atoms with E-state index in [0.29, 0.717) is 18.6 Å². The van der Waals surface area contributed by atoms with Gasteiger partial charge in [0, 0.05) is 25.1 Å². The molecule has 1 heterocycles.